The highest BCUT2D eigenvalue weighted by Crippen LogP contribution is 2.43. The first kappa shape index (κ1) is 34.8. The lowest BCUT2D eigenvalue weighted by Gasteiger charge is -2.53. The number of aliphatic hydroxyl groups is 2. The summed E-state index contributed by atoms with van der Waals surface area (Å²) in [4.78, 5) is 11.6. The Morgan fingerprint density at radius 2 is 1.78 bits per heavy atom. The molecule has 2 bridgehead atoms. The number of anilines is 1. The number of aromatic hydroxyl groups is 1. The minimum atomic E-state index is -0.929. The summed E-state index contributed by atoms with van der Waals surface area (Å²) in [5.74, 6) is 1.71. The van der Waals surface area contributed by atoms with E-state index in [2.05, 4.69) is 22.8 Å². The molecular formula is C40H52N3O7+. The molecule has 3 aromatic rings. The Morgan fingerprint density at radius 3 is 2.54 bits per heavy atom. The molecule has 50 heavy (non-hydrogen) atoms. The molecule has 10 nitrogen and oxygen atoms in total. The second-order valence-corrected chi connectivity index (χ2v) is 14.9. The van der Waals surface area contributed by atoms with E-state index >= 15 is 0 Å². The maximum absolute atomic E-state index is 12.0. The fourth-order valence-electron chi connectivity index (χ4n) is 8.74. The normalized spacial score (nSPS) is 25.0. The van der Waals surface area contributed by atoms with Crippen LogP contribution >= 0.6 is 0 Å². The first-order valence-corrected chi connectivity index (χ1v) is 18.4. The molecule has 0 spiro atoms. The third-order valence-corrected chi connectivity index (χ3v) is 11.6. The number of piperidine rings is 3. The van der Waals surface area contributed by atoms with Gasteiger partial charge in [0.25, 0.3) is 5.91 Å². The van der Waals surface area contributed by atoms with Crippen molar-refractivity contribution in [2.75, 3.05) is 57.9 Å². The zero-order chi connectivity index (χ0) is 34.6. The fourth-order valence-corrected chi connectivity index (χ4v) is 8.74. The van der Waals surface area contributed by atoms with E-state index in [1.807, 2.05) is 42.5 Å². The van der Waals surface area contributed by atoms with Crippen LogP contribution in [0, 0.1) is 11.8 Å². The first-order chi connectivity index (χ1) is 24.3. The van der Waals surface area contributed by atoms with E-state index in [-0.39, 0.29) is 36.8 Å². The van der Waals surface area contributed by atoms with Gasteiger partial charge >= 0.3 is 0 Å². The number of phenolic OH excluding ortho intramolecular Hbond substituents is 1. The van der Waals surface area contributed by atoms with Gasteiger partial charge in [-0.3, -0.25) is 4.79 Å². The van der Waals surface area contributed by atoms with Crippen LogP contribution in [0.15, 0.2) is 66.7 Å². The van der Waals surface area contributed by atoms with E-state index in [0.29, 0.717) is 42.7 Å². The van der Waals surface area contributed by atoms with Gasteiger partial charge in [-0.25, -0.2) is 0 Å². The molecule has 4 fully saturated rings. The highest BCUT2D eigenvalue weighted by molar-refractivity contribution is 5.96. The lowest BCUT2D eigenvalue weighted by molar-refractivity contribution is -0.946. The molecule has 1 aliphatic carbocycles. The third-order valence-electron chi connectivity index (χ3n) is 11.6. The molecule has 5 N–H and O–H groups in total. The number of carbonyl (C=O) groups excluding carboxylic acids is 1. The molecule has 0 radical (unpaired) electrons. The summed E-state index contributed by atoms with van der Waals surface area (Å²) in [5.41, 5.74) is 1.91. The maximum Gasteiger partial charge on any atom is 0.262 e. The summed E-state index contributed by atoms with van der Waals surface area (Å²) < 4.78 is 19.5. The van der Waals surface area contributed by atoms with Gasteiger partial charge in [-0.15, -0.1) is 0 Å². The van der Waals surface area contributed by atoms with Crippen molar-refractivity contribution in [1.29, 1.82) is 0 Å². The predicted molar refractivity (Wildman–Crippen MR) is 190 cm³/mol. The van der Waals surface area contributed by atoms with Gasteiger partial charge in [0.1, 0.15) is 35.5 Å². The number of amides is 1. The van der Waals surface area contributed by atoms with Crippen LogP contribution in [0.4, 0.5) is 5.69 Å². The first-order valence-electron chi connectivity index (χ1n) is 18.4. The van der Waals surface area contributed by atoms with Crippen LogP contribution in [0.2, 0.25) is 0 Å². The van der Waals surface area contributed by atoms with E-state index in [9.17, 15) is 20.1 Å². The summed E-state index contributed by atoms with van der Waals surface area (Å²) in [6, 6.07) is 21.1. The summed E-state index contributed by atoms with van der Waals surface area (Å²) in [6.45, 7) is 6.19. The number of fused-ring (bicyclic) bond motifs is 4. The number of nitrogens with zero attached hydrogens (tertiary/aromatic N) is 1. The smallest absolute Gasteiger partial charge is 0.262 e. The Kier molecular flexibility index (Phi) is 10.6. The summed E-state index contributed by atoms with van der Waals surface area (Å²) in [6.07, 6.45) is 7.11. The molecule has 5 aliphatic rings. The number of aliphatic hydroxyl groups excluding tert-OH is 1. The average Bonchev–Trinajstić information content (AvgIpc) is 3.70. The Morgan fingerprint density at radius 1 is 1.02 bits per heavy atom. The Balaban J connectivity index is 0.853. The van der Waals surface area contributed by atoms with E-state index in [1.165, 1.54) is 50.9 Å². The standard InChI is InChI=1S/C40H51N3O7/c44-32-21-34(39-35(22-32)42-38(46)26-49-39)36(45)24-41-23-28-11-13-33(14-12-28)48-20-6-17-43-18-15-29(16-19-43)37(25-43)50-27-40(47,31-9-4-5-10-31)30-7-2-1-3-8-30/h1-3,7-8,11-14,21-22,29,31,36-37,41,45,47H,4-6,9-10,15-20,23-27H2,(H-,42,44,46)/p+1/t29?,36-,37-,40+,43?/m0/s1. The number of benzene rings is 3. The number of nitrogens with one attached hydrogen (secondary N) is 2. The zero-order valence-corrected chi connectivity index (χ0v) is 28.9. The monoisotopic (exact) mass is 686 g/mol. The fraction of sp³-hybridized carbons (Fsp3) is 0.525. The molecule has 3 atom stereocenters. The molecule has 268 valence electrons. The third kappa shape index (κ3) is 7.80. The van der Waals surface area contributed by atoms with Crippen molar-refractivity contribution in [3.8, 4) is 17.2 Å². The molecule has 0 aromatic heterocycles. The Hall–Kier alpha value is -3.67. The van der Waals surface area contributed by atoms with Crippen LogP contribution in [-0.2, 0) is 21.7 Å². The molecule has 1 amide bonds. The van der Waals surface area contributed by atoms with Crippen LogP contribution in [0.3, 0.4) is 0 Å². The number of phenols is 1. The van der Waals surface area contributed by atoms with Gasteiger partial charge in [-0.1, -0.05) is 55.3 Å². The molecule has 10 heteroatoms. The largest absolute Gasteiger partial charge is 0.508 e. The quantitative estimate of drug-likeness (QED) is 0.111. The minimum absolute atomic E-state index is 0.0513. The number of hydrogen-bond donors (Lipinski definition) is 5. The molecule has 3 aromatic carbocycles. The van der Waals surface area contributed by atoms with Crippen LogP contribution in [-0.4, -0.2) is 84.4 Å². The van der Waals surface area contributed by atoms with Crippen molar-refractivity contribution < 1.29 is 38.8 Å². The number of ether oxygens (including phenoxy) is 3. The Bertz CT molecular complexity index is 1590. The van der Waals surface area contributed by atoms with E-state index in [4.69, 9.17) is 14.2 Å². The van der Waals surface area contributed by atoms with E-state index in [1.54, 1.807) is 0 Å². The Labute approximate surface area is 295 Å². The van der Waals surface area contributed by atoms with E-state index in [0.717, 1.165) is 53.7 Å². The molecule has 0 unspecified atom stereocenters. The SMILES string of the molecule is O=C1COc2c(cc(O)cc2[C@@H](O)CNCc2ccc(OCCC[N+]34CCC(CC3)[C@@H](OC[C@@](O)(c3ccccc3)C3CCCC3)C4)cc2)N1. The van der Waals surface area contributed by atoms with Crippen LogP contribution in [0.1, 0.15) is 67.7 Å². The molecule has 4 heterocycles. The van der Waals surface area contributed by atoms with E-state index < -0.39 is 11.7 Å². The molecule has 1 saturated carbocycles. The van der Waals surface area contributed by atoms with Crippen LogP contribution in [0.25, 0.3) is 0 Å². The molecular weight excluding hydrogens is 634 g/mol. The van der Waals surface area contributed by atoms with Gasteiger partial charge in [0.2, 0.25) is 0 Å². The zero-order valence-electron chi connectivity index (χ0n) is 28.9. The predicted octanol–water partition coefficient (Wildman–Crippen LogP) is 5.02. The molecule has 8 rings (SSSR count). The minimum Gasteiger partial charge on any atom is -0.508 e. The second kappa shape index (κ2) is 15.3. The van der Waals surface area contributed by atoms with Crippen LogP contribution < -0.4 is 20.1 Å². The van der Waals surface area contributed by atoms with Gasteiger partial charge in [0, 0.05) is 49.9 Å². The van der Waals surface area contributed by atoms with Crippen molar-refractivity contribution in [3.05, 3.63) is 83.4 Å². The highest BCUT2D eigenvalue weighted by Gasteiger charge is 2.48. The van der Waals surface area contributed by atoms with Crippen molar-refractivity contribution >= 4 is 11.6 Å². The van der Waals surface area contributed by atoms with Gasteiger partial charge in [-0.2, -0.15) is 0 Å². The van der Waals surface area contributed by atoms with Crippen molar-refractivity contribution in [1.82, 2.24) is 5.32 Å². The summed E-state index contributed by atoms with van der Waals surface area (Å²) >= 11 is 0. The number of quaternary nitrogens is 1. The number of carbonyl (C=O) groups is 1. The maximum atomic E-state index is 12.0. The van der Waals surface area contributed by atoms with Gasteiger partial charge < -0.3 is 44.6 Å². The molecule has 3 saturated heterocycles. The number of hydrogen-bond acceptors (Lipinski definition) is 8. The van der Waals surface area contributed by atoms with Gasteiger partial charge in [0.05, 0.1) is 44.6 Å². The van der Waals surface area contributed by atoms with Crippen molar-refractivity contribution in [2.24, 2.45) is 11.8 Å². The lowest BCUT2D eigenvalue weighted by atomic mass is 9.80. The van der Waals surface area contributed by atoms with Gasteiger partial charge in [-0.05, 0) is 48.1 Å². The van der Waals surface area contributed by atoms with Crippen molar-refractivity contribution in [2.45, 2.75) is 69.3 Å². The highest BCUT2D eigenvalue weighted by atomic mass is 16.5. The number of rotatable bonds is 15. The van der Waals surface area contributed by atoms with Gasteiger partial charge in [0.15, 0.2) is 6.61 Å². The topological polar surface area (TPSA) is 130 Å². The van der Waals surface area contributed by atoms with Crippen molar-refractivity contribution in [3.63, 3.8) is 0 Å². The average molecular weight is 687 g/mol. The van der Waals surface area contributed by atoms with Crippen LogP contribution in [0.5, 0.6) is 17.2 Å². The lowest BCUT2D eigenvalue weighted by Crippen LogP contribution is -2.65. The summed E-state index contributed by atoms with van der Waals surface area (Å²) in [7, 11) is 0. The molecule has 4 aliphatic heterocycles. The second-order valence-electron chi connectivity index (χ2n) is 14.9. The summed E-state index contributed by atoms with van der Waals surface area (Å²) in [5, 5.41) is 38.8.